The molecule has 2 heterocycles. The van der Waals surface area contributed by atoms with Crippen LogP contribution >= 0.6 is 0 Å². The average Bonchev–Trinajstić information content (AvgIpc) is 2.63. The molecule has 0 unspecified atom stereocenters. The van der Waals surface area contributed by atoms with Gasteiger partial charge in [0.25, 0.3) is 5.69 Å². The van der Waals surface area contributed by atoms with Crippen molar-refractivity contribution in [3.63, 3.8) is 0 Å². The predicted octanol–water partition coefficient (Wildman–Crippen LogP) is 5.44. The van der Waals surface area contributed by atoms with Crippen LogP contribution in [0.25, 0.3) is 32.8 Å². The molecule has 27 heavy (non-hydrogen) atoms. The number of nitrogens with zero attached hydrogens (tertiary/aromatic N) is 1. The van der Waals surface area contributed by atoms with Gasteiger partial charge in [-0.1, -0.05) is 61.2 Å². The van der Waals surface area contributed by atoms with Gasteiger partial charge in [-0.2, -0.15) is 4.57 Å². The SMILES string of the molecule is Cc1ccc2cccc3c2c1-c1c(c2cc([Si](C)(C)C)ccc2c[n+]1C)O3. The van der Waals surface area contributed by atoms with E-state index in [-0.39, 0.29) is 0 Å². The lowest BCUT2D eigenvalue weighted by Gasteiger charge is -2.23. The van der Waals surface area contributed by atoms with Gasteiger partial charge in [-0.25, -0.2) is 0 Å². The Labute approximate surface area is 161 Å². The molecule has 0 atom stereocenters. The van der Waals surface area contributed by atoms with Crippen LogP contribution in [0, 0.1) is 6.92 Å². The highest BCUT2D eigenvalue weighted by molar-refractivity contribution is 6.88. The first-order valence-corrected chi connectivity index (χ1v) is 13.0. The van der Waals surface area contributed by atoms with Gasteiger partial charge < -0.3 is 4.74 Å². The highest BCUT2D eigenvalue weighted by Gasteiger charge is 2.31. The number of aromatic nitrogens is 1. The second-order valence-corrected chi connectivity index (χ2v) is 13.8. The molecule has 3 heteroatoms. The molecule has 3 aromatic carbocycles. The molecule has 4 aromatic rings. The van der Waals surface area contributed by atoms with Crippen LogP contribution in [0.3, 0.4) is 0 Å². The molecule has 1 aliphatic rings. The quantitative estimate of drug-likeness (QED) is 0.283. The van der Waals surface area contributed by atoms with E-state index in [1.807, 2.05) is 0 Å². The van der Waals surface area contributed by atoms with Crippen LogP contribution in [0.5, 0.6) is 11.5 Å². The molecule has 0 saturated carbocycles. The number of aryl methyl sites for hydroxylation is 2. The van der Waals surface area contributed by atoms with Crippen molar-refractivity contribution >= 4 is 34.8 Å². The molecule has 1 aromatic heterocycles. The Hall–Kier alpha value is -2.65. The van der Waals surface area contributed by atoms with Gasteiger partial charge in [0.15, 0.2) is 6.20 Å². The lowest BCUT2D eigenvalue weighted by molar-refractivity contribution is -0.659. The zero-order valence-corrected chi connectivity index (χ0v) is 17.6. The summed E-state index contributed by atoms with van der Waals surface area (Å²) in [6, 6.07) is 17.7. The molecule has 0 fully saturated rings. The minimum Gasteiger partial charge on any atom is -0.449 e. The first-order chi connectivity index (χ1) is 12.8. The number of fused-ring (bicyclic) bond motifs is 4. The summed E-state index contributed by atoms with van der Waals surface area (Å²) in [7, 11) is 0.722. The largest absolute Gasteiger partial charge is 0.449 e. The summed E-state index contributed by atoms with van der Waals surface area (Å²) in [5.74, 6) is 1.95. The second kappa shape index (κ2) is 5.43. The fraction of sp³-hybridized carbons (Fsp3) is 0.208. The van der Waals surface area contributed by atoms with Crippen molar-refractivity contribution in [1.82, 2.24) is 0 Å². The minimum absolute atomic E-state index is 0.963. The van der Waals surface area contributed by atoms with Crippen molar-refractivity contribution in [3.8, 4) is 22.8 Å². The van der Waals surface area contributed by atoms with Crippen LogP contribution in [0.15, 0.2) is 54.7 Å². The van der Waals surface area contributed by atoms with Gasteiger partial charge in [-0.15, -0.1) is 0 Å². The van der Waals surface area contributed by atoms with Gasteiger partial charge >= 0.3 is 0 Å². The van der Waals surface area contributed by atoms with Crippen LogP contribution in [0.2, 0.25) is 19.6 Å². The van der Waals surface area contributed by atoms with Gasteiger partial charge in [0.2, 0.25) is 5.75 Å². The molecule has 134 valence electrons. The molecule has 1 aliphatic heterocycles. The van der Waals surface area contributed by atoms with E-state index in [4.69, 9.17) is 4.74 Å². The number of rotatable bonds is 1. The molecule has 5 rings (SSSR count). The Morgan fingerprint density at radius 3 is 2.48 bits per heavy atom. The summed E-state index contributed by atoms with van der Waals surface area (Å²) in [6.45, 7) is 9.38. The zero-order valence-electron chi connectivity index (χ0n) is 16.6. The highest BCUT2D eigenvalue weighted by atomic mass is 28.3. The molecular weight excluding hydrogens is 346 g/mol. The van der Waals surface area contributed by atoms with E-state index in [9.17, 15) is 0 Å². The number of hydrogen-bond acceptors (Lipinski definition) is 1. The van der Waals surface area contributed by atoms with E-state index < -0.39 is 8.07 Å². The van der Waals surface area contributed by atoms with Gasteiger partial charge in [0.05, 0.1) is 13.6 Å². The molecule has 2 nitrogen and oxygen atoms in total. The Balaban J connectivity index is 1.94. The summed E-state index contributed by atoms with van der Waals surface area (Å²) in [5, 5.41) is 6.36. The van der Waals surface area contributed by atoms with Crippen LogP contribution in [-0.4, -0.2) is 8.07 Å². The molecule has 0 spiro atoms. The Morgan fingerprint density at radius 2 is 1.70 bits per heavy atom. The normalized spacial score (nSPS) is 12.9. The zero-order chi connectivity index (χ0) is 18.9. The van der Waals surface area contributed by atoms with Gasteiger partial charge in [-0.3, -0.25) is 0 Å². The van der Waals surface area contributed by atoms with Crippen molar-refractivity contribution in [2.45, 2.75) is 26.6 Å². The first kappa shape index (κ1) is 16.5. The van der Waals surface area contributed by atoms with E-state index in [1.54, 1.807) is 0 Å². The first-order valence-electron chi connectivity index (χ1n) is 9.52. The lowest BCUT2D eigenvalue weighted by atomic mass is 9.92. The molecule has 0 amide bonds. The number of pyridine rings is 1. The average molecular weight is 371 g/mol. The highest BCUT2D eigenvalue weighted by Crippen LogP contribution is 2.48. The molecule has 0 N–H and O–H groups in total. The van der Waals surface area contributed by atoms with E-state index in [0.717, 1.165) is 11.5 Å². The summed E-state index contributed by atoms with van der Waals surface area (Å²) in [4.78, 5) is 0. The Kier molecular flexibility index (Phi) is 3.32. The Morgan fingerprint density at radius 1 is 0.926 bits per heavy atom. The summed E-state index contributed by atoms with van der Waals surface area (Å²) >= 11 is 0. The van der Waals surface area contributed by atoms with Gasteiger partial charge in [0, 0.05) is 16.2 Å². The number of benzene rings is 3. The predicted molar refractivity (Wildman–Crippen MR) is 116 cm³/mol. The molecule has 0 aliphatic carbocycles. The maximum Gasteiger partial charge on any atom is 0.257 e. The smallest absolute Gasteiger partial charge is 0.257 e. The Bertz CT molecular complexity index is 1250. The maximum absolute atomic E-state index is 6.56. The fourth-order valence-electron chi connectivity index (χ4n) is 4.24. The second-order valence-electron chi connectivity index (χ2n) is 8.68. The van der Waals surface area contributed by atoms with Gasteiger partial charge in [0.1, 0.15) is 12.8 Å². The van der Waals surface area contributed by atoms with E-state index in [0.29, 0.717) is 0 Å². The van der Waals surface area contributed by atoms with E-state index in [2.05, 4.69) is 92.9 Å². The summed E-state index contributed by atoms with van der Waals surface area (Å²) < 4.78 is 8.79. The van der Waals surface area contributed by atoms with Gasteiger partial charge in [-0.05, 0) is 30.0 Å². The van der Waals surface area contributed by atoms with Crippen molar-refractivity contribution in [2.24, 2.45) is 7.05 Å². The summed E-state index contributed by atoms with van der Waals surface area (Å²) in [5.41, 5.74) is 3.76. The van der Waals surface area contributed by atoms with Crippen LogP contribution in [0.1, 0.15) is 5.56 Å². The van der Waals surface area contributed by atoms with Crippen molar-refractivity contribution in [2.75, 3.05) is 0 Å². The minimum atomic E-state index is -1.40. The summed E-state index contributed by atoms with van der Waals surface area (Å²) in [6.07, 6.45) is 2.23. The molecule has 0 saturated heterocycles. The number of hydrogen-bond donors (Lipinski definition) is 0. The molecule has 0 bridgehead atoms. The molecular formula is C24H24NOSi+. The monoisotopic (exact) mass is 370 g/mol. The third kappa shape index (κ3) is 2.35. The van der Waals surface area contributed by atoms with Crippen molar-refractivity contribution in [3.05, 3.63) is 60.3 Å². The van der Waals surface area contributed by atoms with Crippen LogP contribution in [0.4, 0.5) is 0 Å². The number of ether oxygens (including phenoxy) is 1. The standard InChI is InChI=1S/C24H24NOSi/c1-15-9-10-16-7-6-8-20-22(16)21(15)23-24(26-20)19-13-18(27(3,4)5)12-11-17(19)14-25(23)2/h6-14H,1-5H3/q+1. The fourth-order valence-corrected chi connectivity index (χ4v) is 5.40. The topological polar surface area (TPSA) is 13.1 Å². The van der Waals surface area contributed by atoms with Crippen molar-refractivity contribution in [1.29, 1.82) is 0 Å². The van der Waals surface area contributed by atoms with Crippen LogP contribution in [-0.2, 0) is 7.05 Å². The van der Waals surface area contributed by atoms with Crippen LogP contribution < -0.4 is 14.5 Å². The molecule has 0 radical (unpaired) electrons. The van der Waals surface area contributed by atoms with E-state index >= 15 is 0 Å². The van der Waals surface area contributed by atoms with Crippen molar-refractivity contribution < 1.29 is 9.30 Å². The third-order valence-corrected chi connectivity index (χ3v) is 7.77. The van der Waals surface area contributed by atoms with E-state index in [1.165, 1.54) is 43.6 Å². The maximum atomic E-state index is 6.56. The third-order valence-electron chi connectivity index (χ3n) is 5.73. The lowest BCUT2D eigenvalue weighted by Crippen LogP contribution is -2.37.